The average Bonchev–Trinajstić information content (AvgIpc) is 2.97. The molecule has 110 valence electrons. The minimum Gasteiger partial charge on any atom is -0.389 e. The molecule has 2 saturated heterocycles. The van der Waals surface area contributed by atoms with Gasteiger partial charge >= 0.3 is 0 Å². The first-order valence-electron chi connectivity index (χ1n) is 8.21. The second-order valence-corrected chi connectivity index (χ2v) is 7.13. The van der Waals surface area contributed by atoms with Gasteiger partial charge in [0.25, 0.3) is 0 Å². The van der Waals surface area contributed by atoms with Crippen LogP contribution in [0.4, 0.5) is 0 Å². The molecule has 0 radical (unpaired) electrons. The maximum atomic E-state index is 11.4. The Morgan fingerprint density at radius 2 is 2.05 bits per heavy atom. The highest BCUT2D eigenvalue weighted by Gasteiger charge is 2.61. The van der Waals surface area contributed by atoms with Crippen molar-refractivity contribution >= 4 is 0 Å². The minimum absolute atomic E-state index is 0.154. The number of nitrogens with two attached hydrogens (primary N) is 1. The predicted molar refractivity (Wildman–Crippen MR) is 75.8 cm³/mol. The fourth-order valence-electron chi connectivity index (χ4n) is 5.00. The lowest BCUT2D eigenvalue weighted by atomic mass is 9.60. The SMILES string of the molecule is CCC1CCCC(O)(C2(CN)CC3CCC2O3)CC1. The number of hydrogen-bond donors (Lipinski definition) is 2. The van der Waals surface area contributed by atoms with Crippen molar-refractivity contribution in [2.75, 3.05) is 6.54 Å². The molecule has 3 aliphatic rings. The summed E-state index contributed by atoms with van der Waals surface area (Å²) in [5, 5.41) is 11.4. The molecule has 0 spiro atoms. The van der Waals surface area contributed by atoms with Crippen molar-refractivity contribution in [2.45, 2.75) is 82.5 Å². The Bertz CT molecular complexity index is 335. The molecule has 0 amide bonds. The second-order valence-electron chi connectivity index (χ2n) is 7.13. The standard InChI is InChI=1S/C16H29NO2/c1-2-12-4-3-8-16(18,9-7-12)15(11-17)10-13-5-6-14(15)19-13/h12-14,18H,2-11,17H2,1H3. The summed E-state index contributed by atoms with van der Waals surface area (Å²) in [4.78, 5) is 0. The van der Waals surface area contributed by atoms with Crippen LogP contribution in [0.15, 0.2) is 0 Å². The molecule has 19 heavy (non-hydrogen) atoms. The Hall–Kier alpha value is -0.120. The van der Waals surface area contributed by atoms with E-state index in [9.17, 15) is 5.11 Å². The summed E-state index contributed by atoms with van der Waals surface area (Å²) in [6.45, 7) is 2.86. The smallest absolute Gasteiger partial charge is 0.0741 e. The Balaban J connectivity index is 1.82. The summed E-state index contributed by atoms with van der Waals surface area (Å²) in [5.74, 6) is 0.795. The van der Waals surface area contributed by atoms with Gasteiger partial charge in [-0.05, 0) is 44.4 Å². The van der Waals surface area contributed by atoms with Gasteiger partial charge in [0.15, 0.2) is 0 Å². The normalized spacial score (nSPS) is 50.4. The van der Waals surface area contributed by atoms with E-state index in [0.717, 1.165) is 44.4 Å². The lowest BCUT2D eigenvalue weighted by molar-refractivity contribution is -0.120. The van der Waals surface area contributed by atoms with Crippen molar-refractivity contribution < 1.29 is 9.84 Å². The first-order valence-corrected chi connectivity index (χ1v) is 8.21. The van der Waals surface area contributed by atoms with Gasteiger partial charge in [0.05, 0.1) is 17.8 Å². The maximum absolute atomic E-state index is 11.4. The van der Waals surface area contributed by atoms with Crippen LogP contribution in [0, 0.1) is 11.3 Å². The van der Waals surface area contributed by atoms with Gasteiger partial charge in [0.2, 0.25) is 0 Å². The molecule has 2 bridgehead atoms. The summed E-state index contributed by atoms with van der Waals surface area (Å²) in [6.07, 6.45) is 10.5. The molecule has 5 unspecified atom stereocenters. The third kappa shape index (κ3) is 2.05. The van der Waals surface area contributed by atoms with Crippen LogP contribution in [0.2, 0.25) is 0 Å². The Morgan fingerprint density at radius 1 is 1.21 bits per heavy atom. The molecule has 0 aromatic heterocycles. The molecule has 5 atom stereocenters. The summed E-state index contributed by atoms with van der Waals surface area (Å²) in [5.41, 5.74) is 5.42. The number of hydrogen-bond acceptors (Lipinski definition) is 3. The lowest BCUT2D eigenvalue weighted by Crippen LogP contribution is -2.57. The van der Waals surface area contributed by atoms with Crippen LogP contribution >= 0.6 is 0 Å². The van der Waals surface area contributed by atoms with Gasteiger partial charge < -0.3 is 15.6 Å². The largest absolute Gasteiger partial charge is 0.389 e. The summed E-state index contributed by atoms with van der Waals surface area (Å²) in [6, 6.07) is 0. The molecule has 3 N–H and O–H groups in total. The fraction of sp³-hybridized carbons (Fsp3) is 1.00. The van der Waals surface area contributed by atoms with E-state index >= 15 is 0 Å². The molecular weight excluding hydrogens is 238 g/mol. The van der Waals surface area contributed by atoms with Crippen molar-refractivity contribution in [3.63, 3.8) is 0 Å². The van der Waals surface area contributed by atoms with Crippen LogP contribution < -0.4 is 5.73 Å². The number of aliphatic hydroxyl groups is 1. The van der Waals surface area contributed by atoms with E-state index in [1.54, 1.807) is 0 Å². The van der Waals surface area contributed by atoms with E-state index in [0.29, 0.717) is 12.6 Å². The highest BCUT2D eigenvalue weighted by atomic mass is 16.5. The third-order valence-corrected chi connectivity index (χ3v) is 6.35. The molecule has 3 fully saturated rings. The Labute approximate surface area is 116 Å². The monoisotopic (exact) mass is 267 g/mol. The molecule has 3 rings (SSSR count). The first-order chi connectivity index (χ1) is 9.13. The molecule has 0 aromatic carbocycles. The van der Waals surface area contributed by atoms with Crippen LogP contribution in [0.5, 0.6) is 0 Å². The molecule has 2 heterocycles. The fourth-order valence-corrected chi connectivity index (χ4v) is 5.00. The molecule has 3 heteroatoms. The van der Waals surface area contributed by atoms with Gasteiger partial charge in [-0.2, -0.15) is 0 Å². The van der Waals surface area contributed by atoms with E-state index in [-0.39, 0.29) is 11.5 Å². The van der Waals surface area contributed by atoms with E-state index in [1.165, 1.54) is 19.3 Å². The molecular formula is C16H29NO2. The second kappa shape index (κ2) is 5.01. The zero-order valence-corrected chi connectivity index (χ0v) is 12.2. The van der Waals surface area contributed by atoms with E-state index in [4.69, 9.17) is 10.5 Å². The van der Waals surface area contributed by atoms with E-state index in [1.807, 2.05) is 0 Å². The predicted octanol–water partition coefficient (Wildman–Crippen LogP) is 2.60. The van der Waals surface area contributed by atoms with Crippen LogP contribution in [-0.2, 0) is 4.74 Å². The topological polar surface area (TPSA) is 55.5 Å². The summed E-state index contributed by atoms with van der Waals surface area (Å²) < 4.78 is 6.05. The van der Waals surface area contributed by atoms with Crippen molar-refractivity contribution in [2.24, 2.45) is 17.1 Å². The van der Waals surface area contributed by atoms with Crippen LogP contribution in [0.25, 0.3) is 0 Å². The number of fused-ring (bicyclic) bond motifs is 2. The lowest BCUT2D eigenvalue weighted by Gasteiger charge is -2.48. The maximum Gasteiger partial charge on any atom is 0.0741 e. The summed E-state index contributed by atoms with van der Waals surface area (Å²) >= 11 is 0. The highest BCUT2D eigenvalue weighted by Crippen LogP contribution is 2.56. The highest BCUT2D eigenvalue weighted by molar-refractivity contribution is 5.12. The van der Waals surface area contributed by atoms with Gasteiger partial charge in [0.1, 0.15) is 0 Å². The average molecular weight is 267 g/mol. The van der Waals surface area contributed by atoms with Crippen molar-refractivity contribution in [1.82, 2.24) is 0 Å². The van der Waals surface area contributed by atoms with Crippen LogP contribution in [-0.4, -0.2) is 29.5 Å². The molecule has 1 saturated carbocycles. The molecule has 3 nitrogen and oxygen atoms in total. The quantitative estimate of drug-likeness (QED) is 0.773. The minimum atomic E-state index is -0.578. The van der Waals surface area contributed by atoms with Gasteiger partial charge in [-0.3, -0.25) is 0 Å². The van der Waals surface area contributed by atoms with Crippen LogP contribution in [0.1, 0.15) is 64.7 Å². The summed E-state index contributed by atoms with van der Waals surface area (Å²) in [7, 11) is 0. The zero-order chi connectivity index (χ0) is 13.5. The van der Waals surface area contributed by atoms with Gasteiger partial charge in [-0.15, -0.1) is 0 Å². The van der Waals surface area contributed by atoms with Crippen LogP contribution in [0.3, 0.4) is 0 Å². The third-order valence-electron chi connectivity index (χ3n) is 6.35. The van der Waals surface area contributed by atoms with E-state index in [2.05, 4.69) is 6.92 Å². The van der Waals surface area contributed by atoms with Gasteiger partial charge in [-0.1, -0.05) is 26.2 Å². The van der Waals surface area contributed by atoms with Crippen molar-refractivity contribution in [3.8, 4) is 0 Å². The molecule has 0 aromatic rings. The number of ether oxygens (including phenoxy) is 1. The first kappa shape index (κ1) is 13.8. The zero-order valence-electron chi connectivity index (χ0n) is 12.2. The van der Waals surface area contributed by atoms with Gasteiger partial charge in [-0.25, -0.2) is 0 Å². The van der Waals surface area contributed by atoms with Crippen molar-refractivity contribution in [3.05, 3.63) is 0 Å². The molecule has 2 aliphatic heterocycles. The Morgan fingerprint density at radius 3 is 2.63 bits per heavy atom. The van der Waals surface area contributed by atoms with E-state index < -0.39 is 5.60 Å². The number of rotatable bonds is 3. The molecule has 1 aliphatic carbocycles. The Kier molecular flexibility index (Phi) is 3.65. The van der Waals surface area contributed by atoms with Gasteiger partial charge in [0, 0.05) is 12.0 Å². The van der Waals surface area contributed by atoms with Crippen molar-refractivity contribution in [1.29, 1.82) is 0 Å².